The van der Waals surface area contributed by atoms with Crippen LogP contribution in [0.15, 0.2) is 43.2 Å². The van der Waals surface area contributed by atoms with Crippen LogP contribution in [0.5, 0.6) is 0 Å². The van der Waals surface area contributed by atoms with Crippen LogP contribution in [0, 0.1) is 13.8 Å². The lowest BCUT2D eigenvalue weighted by atomic mass is 10.2. The second-order valence-corrected chi connectivity index (χ2v) is 7.31. The van der Waals surface area contributed by atoms with Crippen LogP contribution in [-0.2, 0) is 13.1 Å². The molecule has 1 fully saturated rings. The molecule has 27 heavy (non-hydrogen) atoms. The van der Waals surface area contributed by atoms with Crippen LogP contribution in [-0.4, -0.2) is 60.5 Å². The van der Waals surface area contributed by atoms with Gasteiger partial charge in [0.2, 0.25) is 0 Å². The molecule has 0 aliphatic carbocycles. The van der Waals surface area contributed by atoms with Crippen molar-refractivity contribution in [2.75, 3.05) is 26.2 Å². The maximum absolute atomic E-state index is 4.11. The Balaban J connectivity index is 1.40. The maximum atomic E-state index is 4.11. The maximum Gasteiger partial charge on any atom is 0.139 e. The summed E-state index contributed by atoms with van der Waals surface area (Å²) in [6.07, 6.45) is 8.45. The lowest BCUT2D eigenvalue weighted by Gasteiger charge is -2.22. The smallest absolute Gasteiger partial charge is 0.139 e. The number of rotatable bonds is 5. The highest BCUT2D eigenvalue weighted by molar-refractivity contribution is 5.27. The molecular formula is C20H27N7. The molecule has 3 aromatic heterocycles. The molecule has 0 amide bonds. The summed E-state index contributed by atoms with van der Waals surface area (Å²) in [5, 5.41) is 7.87. The third-order valence-corrected chi connectivity index (χ3v) is 5.37. The largest absolute Gasteiger partial charge is 0.298 e. The summed E-state index contributed by atoms with van der Waals surface area (Å²) in [5.74, 6) is 0. The van der Waals surface area contributed by atoms with Gasteiger partial charge in [0.1, 0.15) is 12.7 Å². The zero-order valence-corrected chi connectivity index (χ0v) is 16.1. The Morgan fingerprint density at radius 3 is 2.26 bits per heavy atom. The van der Waals surface area contributed by atoms with E-state index in [9.17, 15) is 0 Å². The molecule has 0 unspecified atom stereocenters. The predicted molar refractivity (Wildman–Crippen MR) is 104 cm³/mol. The van der Waals surface area contributed by atoms with Crippen LogP contribution < -0.4 is 0 Å². The fourth-order valence-electron chi connectivity index (χ4n) is 3.96. The minimum absolute atomic E-state index is 0.991. The van der Waals surface area contributed by atoms with Crippen molar-refractivity contribution >= 4 is 0 Å². The first-order chi connectivity index (χ1) is 13.2. The highest BCUT2D eigenvalue weighted by Gasteiger charge is 2.18. The van der Waals surface area contributed by atoms with Crippen LogP contribution in [0.1, 0.15) is 28.9 Å². The van der Waals surface area contributed by atoms with Crippen LogP contribution in [0.2, 0.25) is 0 Å². The van der Waals surface area contributed by atoms with Gasteiger partial charge in [-0.25, -0.2) is 4.68 Å². The van der Waals surface area contributed by atoms with Gasteiger partial charge in [-0.2, -0.15) is 0 Å². The Bertz CT molecular complexity index is 854. The molecule has 0 N–H and O–H groups in total. The van der Waals surface area contributed by atoms with Crippen molar-refractivity contribution < 1.29 is 0 Å². The number of aromatic nitrogens is 5. The molecule has 1 aliphatic heterocycles. The van der Waals surface area contributed by atoms with Gasteiger partial charge in [0.15, 0.2) is 0 Å². The Morgan fingerprint density at radius 2 is 1.56 bits per heavy atom. The lowest BCUT2D eigenvalue weighted by Crippen LogP contribution is -2.30. The zero-order valence-electron chi connectivity index (χ0n) is 16.1. The van der Waals surface area contributed by atoms with Gasteiger partial charge in [-0.3, -0.25) is 19.5 Å². The van der Waals surface area contributed by atoms with Crippen molar-refractivity contribution in [3.63, 3.8) is 0 Å². The van der Waals surface area contributed by atoms with E-state index < -0.39 is 0 Å². The van der Waals surface area contributed by atoms with Gasteiger partial charge in [-0.05, 0) is 62.7 Å². The van der Waals surface area contributed by atoms with Gasteiger partial charge >= 0.3 is 0 Å². The van der Waals surface area contributed by atoms with Gasteiger partial charge < -0.3 is 0 Å². The van der Waals surface area contributed by atoms with E-state index in [0.29, 0.717) is 0 Å². The number of hydrogen-bond acceptors (Lipinski definition) is 5. The normalized spacial score (nSPS) is 16.5. The van der Waals surface area contributed by atoms with Crippen LogP contribution in [0.4, 0.5) is 0 Å². The first kappa shape index (κ1) is 17.9. The minimum Gasteiger partial charge on any atom is -0.298 e. The van der Waals surface area contributed by atoms with Crippen molar-refractivity contribution in [3.05, 3.63) is 65.8 Å². The van der Waals surface area contributed by atoms with E-state index in [1.165, 1.54) is 28.9 Å². The van der Waals surface area contributed by atoms with Crippen molar-refractivity contribution in [1.29, 1.82) is 0 Å². The van der Waals surface area contributed by atoms with Crippen molar-refractivity contribution in [2.24, 2.45) is 0 Å². The van der Waals surface area contributed by atoms with Crippen LogP contribution >= 0.6 is 0 Å². The van der Waals surface area contributed by atoms with E-state index in [4.69, 9.17) is 0 Å². The molecule has 142 valence electrons. The molecule has 0 saturated carbocycles. The predicted octanol–water partition coefficient (Wildman–Crippen LogP) is 2.11. The number of hydrogen-bond donors (Lipinski definition) is 0. The molecule has 4 heterocycles. The summed E-state index contributed by atoms with van der Waals surface area (Å²) in [6, 6.07) is 6.51. The highest BCUT2D eigenvalue weighted by Crippen LogP contribution is 2.18. The molecule has 7 nitrogen and oxygen atoms in total. The average molecular weight is 365 g/mol. The standard InChI is InChI=1S/C20H27N7/c1-17-12-20(18(2)27(17)26-15-22-23-16-26)14-25-9-3-8-24(10-11-25)13-19-4-6-21-7-5-19/h4-7,12,15-16H,3,8-11,13-14H2,1-2H3. The number of aryl methyl sites for hydroxylation is 1. The molecule has 1 aliphatic rings. The Labute approximate surface area is 160 Å². The van der Waals surface area contributed by atoms with Gasteiger partial charge in [-0.1, -0.05) is 0 Å². The SMILES string of the molecule is Cc1cc(CN2CCCN(Cc3ccncc3)CC2)c(C)n1-n1cnnc1. The van der Waals surface area contributed by atoms with Crippen LogP contribution in [0.3, 0.4) is 0 Å². The summed E-state index contributed by atoms with van der Waals surface area (Å²) in [7, 11) is 0. The van der Waals surface area contributed by atoms with Gasteiger partial charge in [-0.15, -0.1) is 10.2 Å². The van der Waals surface area contributed by atoms with E-state index >= 15 is 0 Å². The van der Waals surface area contributed by atoms with E-state index in [0.717, 1.165) is 39.3 Å². The summed E-state index contributed by atoms with van der Waals surface area (Å²) in [5.41, 5.74) is 5.18. The molecule has 0 atom stereocenters. The topological polar surface area (TPSA) is 55.0 Å². The van der Waals surface area contributed by atoms with Gasteiger partial charge in [0.05, 0.1) is 0 Å². The molecule has 0 aromatic carbocycles. The lowest BCUT2D eigenvalue weighted by molar-refractivity contribution is 0.247. The summed E-state index contributed by atoms with van der Waals surface area (Å²) >= 11 is 0. The molecule has 7 heteroatoms. The fraction of sp³-hybridized carbons (Fsp3) is 0.450. The first-order valence-corrected chi connectivity index (χ1v) is 9.57. The monoisotopic (exact) mass is 365 g/mol. The van der Waals surface area contributed by atoms with Crippen molar-refractivity contribution in [2.45, 2.75) is 33.4 Å². The van der Waals surface area contributed by atoms with E-state index in [-0.39, 0.29) is 0 Å². The van der Waals surface area contributed by atoms with E-state index in [1.54, 1.807) is 12.7 Å². The fourth-order valence-corrected chi connectivity index (χ4v) is 3.96. The van der Waals surface area contributed by atoms with Crippen LogP contribution in [0.25, 0.3) is 0 Å². The summed E-state index contributed by atoms with van der Waals surface area (Å²) in [6.45, 7) is 10.8. The van der Waals surface area contributed by atoms with E-state index in [1.807, 2.05) is 17.1 Å². The average Bonchev–Trinajstić information content (AvgIpc) is 3.21. The first-order valence-electron chi connectivity index (χ1n) is 9.57. The molecule has 0 radical (unpaired) electrons. The summed E-state index contributed by atoms with van der Waals surface area (Å²) in [4.78, 5) is 9.24. The second-order valence-electron chi connectivity index (χ2n) is 7.31. The minimum atomic E-state index is 0.991. The molecule has 1 saturated heterocycles. The number of nitrogens with zero attached hydrogens (tertiary/aromatic N) is 7. The molecule has 0 spiro atoms. The molecule has 4 rings (SSSR count). The van der Waals surface area contributed by atoms with Crippen molar-refractivity contribution in [1.82, 2.24) is 34.3 Å². The third-order valence-electron chi connectivity index (χ3n) is 5.37. The quantitative estimate of drug-likeness (QED) is 0.693. The van der Waals surface area contributed by atoms with Gasteiger partial charge in [0.25, 0.3) is 0 Å². The zero-order chi connectivity index (χ0) is 18.6. The van der Waals surface area contributed by atoms with Gasteiger partial charge in [0, 0.05) is 50.0 Å². The molecular weight excluding hydrogens is 338 g/mol. The van der Waals surface area contributed by atoms with Crippen molar-refractivity contribution in [3.8, 4) is 0 Å². The summed E-state index contributed by atoms with van der Waals surface area (Å²) < 4.78 is 4.11. The molecule has 0 bridgehead atoms. The highest BCUT2D eigenvalue weighted by atomic mass is 15.5. The Hall–Kier alpha value is -2.51. The van der Waals surface area contributed by atoms with E-state index in [2.05, 4.69) is 61.7 Å². The third kappa shape index (κ3) is 4.09. The Kier molecular flexibility index (Phi) is 5.31. The molecule has 3 aromatic rings. The second kappa shape index (κ2) is 8.02. The Morgan fingerprint density at radius 1 is 0.889 bits per heavy atom. The number of pyridine rings is 1.